The predicted octanol–water partition coefficient (Wildman–Crippen LogP) is 0.801. The van der Waals surface area contributed by atoms with Crippen LogP contribution >= 0.6 is 0 Å². The number of amides is 1. The maximum atomic E-state index is 12.2. The van der Waals surface area contributed by atoms with Crippen LogP contribution in [0.2, 0.25) is 0 Å². The molecule has 0 N–H and O–H groups in total. The number of fused-ring (bicyclic) bond motifs is 4. The van der Waals surface area contributed by atoms with E-state index in [1.54, 1.807) is 11.0 Å². The molecule has 3 fully saturated rings. The topological polar surface area (TPSA) is 79.6 Å². The van der Waals surface area contributed by atoms with Gasteiger partial charge in [-0.2, -0.15) is 0 Å². The maximum absolute atomic E-state index is 12.2. The van der Waals surface area contributed by atoms with Crippen molar-refractivity contribution in [3.63, 3.8) is 0 Å². The molecule has 3 aliphatic heterocycles. The third-order valence-corrected chi connectivity index (χ3v) is 3.75. The maximum Gasteiger partial charge on any atom is 0.363 e. The second-order valence-corrected chi connectivity index (χ2v) is 4.90. The fourth-order valence-electron chi connectivity index (χ4n) is 2.79. The number of anilines is 1. The molecule has 0 aliphatic carbocycles. The Balaban J connectivity index is 1.91. The van der Waals surface area contributed by atoms with Crippen LogP contribution in [0.3, 0.4) is 0 Å². The van der Waals surface area contributed by atoms with Crippen LogP contribution in [0.1, 0.15) is 12.8 Å². The van der Waals surface area contributed by atoms with Gasteiger partial charge < -0.3 is 15.0 Å². The van der Waals surface area contributed by atoms with Crippen molar-refractivity contribution < 1.29 is 9.72 Å². The molecular formula is C12H14N4O3. The van der Waals surface area contributed by atoms with Crippen molar-refractivity contribution in [2.24, 2.45) is 0 Å². The quantitative estimate of drug-likeness (QED) is 0.582. The van der Waals surface area contributed by atoms with Gasteiger partial charge in [-0.25, -0.2) is 0 Å². The number of nitro groups is 1. The lowest BCUT2D eigenvalue weighted by Gasteiger charge is -2.30. The minimum absolute atomic E-state index is 0.0515. The fourth-order valence-corrected chi connectivity index (χ4v) is 2.79. The predicted molar refractivity (Wildman–Crippen MR) is 67.8 cm³/mol. The lowest BCUT2D eigenvalue weighted by Crippen LogP contribution is -2.40. The molecule has 1 aromatic rings. The molecule has 3 aliphatic rings. The molecule has 0 spiro atoms. The van der Waals surface area contributed by atoms with Gasteiger partial charge in [0.1, 0.15) is 0 Å². The molecule has 100 valence electrons. The Morgan fingerprint density at radius 1 is 1.32 bits per heavy atom. The Hall–Kier alpha value is -2.02. The van der Waals surface area contributed by atoms with Crippen LogP contribution in [0.25, 0.3) is 0 Å². The average molecular weight is 262 g/mol. The van der Waals surface area contributed by atoms with Gasteiger partial charge >= 0.3 is 5.82 Å². The van der Waals surface area contributed by atoms with Crippen LogP contribution < -0.4 is 4.90 Å². The van der Waals surface area contributed by atoms with E-state index in [0.29, 0.717) is 12.2 Å². The Labute approximate surface area is 110 Å². The van der Waals surface area contributed by atoms with Gasteiger partial charge in [0.15, 0.2) is 6.20 Å². The lowest BCUT2D eigenvalue weighted by atomic mass is 10.0. The Bertz CT molecular complexity index is 508. The van der Waals surface area contributed by atoms with Gasteiger partial charge in [-0.1, -0.05) is 0 Å². The summed E-state index contributed by atoms with van der Waals surface area (Å²) in [5.41, 5.74) is 0.657. The minimum Gasteiger partial charge on any atom is -0.358 e. The number of carbonyl (C=O) groups excluding carboxylic acids is 1. The summed E-state index contributed by atoms with van der Waals surface area (Å²) in [6.07, 6.45) is 3.31. The second kappa shape index (κ2) is 4.58. The molecule has 19 heavy (non-hydrogen) atoms. The van der Waals surface area contributed by atoms with Crippen molar-refractivity contribution in [2.45, 2.75) is 18.9 Å². The summed E-state index contributed by atoms with van der Waals surface area (Å²) in [7, 11) is 0. The van der Waals surface area contributed by atoms with Gasteiger partial charge in [-0.3, -0.25) is 9.69 Å². The van der Waals surface area contributed by atoms with Crippen LogP contribution in [0.4, 0.5) is 11.5 Å². The molecule has 2 bridgehead atoms. The third kappa shape index (κ3) is 2.17. The van der Waals surface area contributed by atoms with Crippen molar-refractivity contribution in [1.82, 2.24) is 9.88 Å². The highest BCUT2D eigenvalue weighted by atomic mass is 16.6. The molecule has 7 nitrogen and oxygen atoms in total. The van der Waals surface area contributed by atoms with Gasteiger partial charge in [0.05, 0.1) is 12.2 Å². The van der Waals surface area contributed by atoms with Gasteiger partial charge in [-0.15, -0.1) is 0 Å². The Morgan fingerprint density at radius 2 is 2.05 bits per heavy atom. The molecule has 1 amide bonds. The molecule has 4 heterocycles. The fraction of sp³-hybridized carbons (Fsp3) is 0.500. The Morgan fingerprint density at radius 3 is 2.63 bits per heavy atom. The van der Waals surface area contributed by atoms with E-state index in [4.69, 9.17) is 0 Å². The molecule has 0 atom stereocenters. The largest absolute Gasteiger partial charge is 0.363 e. The van der Waals surface area contributed by atoms with Crippen LogP contribution in [-0.4, -0.2) is 46.4 Å². The first kappa shape index (κ1) is 12.0. The van der Waals surface area contributed by atoms with Crippen molar-refractivity contribution in [1.29, 1.82) is 0 Å². The molecule has 0 saturated carbocycles. The number of pyridine rings is 1. The average Bonchev–Trinajstić information content (AvgIpc) is 2.66. The number of hydrogen-bond donors (Lipinski definition) is 0. The second-order valence-electron chi connectivity index (χ2n) is 4.90. The summed E-state index contributed by atoms with van der Waals surface area (Å²) < 4.78 is 0. The van der Waals surface area contributed by atoms with Crippen LogP contribution in [0, 0.1) is 10.1 Å². The number of aromatic nitrogens is 1. The van der Waals surface area contributed by atoms with Crippen molar-refractivity contribution >= 4 is 17.4 Å². The molecule has 0 aromatic carbocycles. The zero-order chi connectivity index (χ0) is 13.4. The van der Waals surface area contributed by atoms with Crippen molar-refractivity contribution in [2.75, 3.05) is 24.5 Å². The smallest absolute Gasteiger partial charge is 0.358 e. The van der Waals surface area contributed by atoms with E-state index >= 15 is 0 Å². The molecule has 7 heteroatoms. The molecular weight excluding hydrogens is 248 g/mol. The van der Waals surface area contributed by atoms with Gasteiger partial charge in [-0.05, 0) is 28.8 Å². The summed E-state index contributed by atoms with van der Waals surface area (Å²) in [6, 6.07) is 3.14. The molecule has 1 aromatic heterocycles. The van der Waals surface area contributed by atoms with Crippen LogP contribution in [0.15, 0.2) is 18.3 Å². The molecule has 4 rings (SSSR count). The lowest BCUT2D eigenvalue weighted by molar-refractivity contribution is -0.389. The molecule has 0 radical (unpaired) electrons. The normalized spacial score (nSPS) is 26.3. The van der Waals surface area contributed by atoms with E-state index in [1.807, 2.05) is 0 Å². The molecule has 0 unspecified atom stereocenters. The van der Waals surface area contributed by atoms with Crippen LogP contribution in [-0.2, 0) is 4.79 Å². The highest BCUT2D eigenvalue weighted by Gasteiger charge is 2.35. The zero-order valence-corrected chi connectivity index (χ0v) is 10.4. The van der Waals surface area contributed by atoms with Crippen molar-refractivity contribution in [3.05, 3.63) is 28.4 Å². The number of nitrogens with zero attached hydrogens (tertiary/aromatic N) is 4. The van der Waals surface area contributed by atoms with E-state index in [1.165, 1.54) is 12.3 Å². The summed E-state index contributed by atoms with van der Waals surface area (Å²) in [4.78, 5) is 30.0. The Kier molecular flexibility index (Phi) is 2.90. The molecule has 3 saturated heterocycles. The van der Waals surface area contributed by atoms with Crippen molar-refractivity contribution in [3.8, 4) is 0 Å². The van der Waals surface area contributed by atoms with Gasteiger partial charge in [0.25, 0.3) is 0 Å². The number of rotatable bonds is 2. The van der Waals surface area contributed by atoms with E-state index in [-0.39, 0.29) is 17.8 Å². The zero-order valence-electron chi connectivity index (χ0n) is 10.4. The number of piperidine rings is 1. The number of hydrogen-bond acceptors (Lipinski definition) is 5. The summed E-state index contributed by atoms with van der Waals surface area (Å²) in [6.45, 7) is 2.30. The third-order valence-electron chi connectivity index (χ3n) is 3.75. The van der Waals surface area contributed by atoms with Gasteiger partial charge in [0.2, 0.25) is 5.91 Å². The highest BCUT2D eigenvalue weighted by molar-refractivity contribution is 5.95. The standard InChI is InChI=1S/C12H14N4O3/c17-12-8-14-5-3-9(4-6-14)15(12)10-1-2-11(13-7-10)16(18)19/h1-2,7,9H,3-6,8H2. The van der Waals surface area contributed by atoms with Crippen LogP contribution in [0.5, 0.6) is 0 Å². The van der Waals surface area contributed by atoms with E-state index in [0.717, 1.165) is 25.9 Å². The summed E-state index contributed by atoms with van der Waals surface area (Å²) in [5.74, 6) is -0.144. The first-order valence-electron chi connectivity index (χ1n) is 6.30. The van der Waals surface area contributed by atoms with E-state index in [9.17, 15) is 14.9 Å². The van der Waals surface area contributed by atoms with E-state index in [2.05, 4.69) is 9.88 Å². The first-order chi connectivity index (χ1) is 9.15. The number of carbonyl (C=O) groups is 1. The van der Waals surface area contributed by atoms with Gasteiger partial charge in [0, 0.05) is 25.2 Å². The summed E-state index contributed by atoms with van der Waals surface area (Å²) in [5, 5.41) is 10.6. The minimum atomic E-state index is -0.536. The first-order valence-corrected chi connectivity index (χ1v) is 6.30. The SMILES string of the molecule is O=C1CN2CCC(CC2)N1c1ccc([N+](=O)[O-])nc1. The highest BCUT2D eigenvalue weighted by Crippen LogP contribution is 2.27. The van der Waals surface area contributed by atoms with E-state index < -0.39 is 4.92 Å². The monoisotopic (exact) mass is 262 g/mol. The summed E-state index contributed by atoms with van der Waals surface area (Å²) >= 11 is 0.